The number of fused-ring (bicyclic) bond motifs is 1. The molecule has 1 heterocycles. The minimum absolute atomic E-state index is 0.128. The lowest BCUT2D eigenvalue weighted by atomic mass is 10.1. The Morgan fingerprint density at radius 1 is 1.32 bits per heavy atom. The van der Waals surface area contributed by atoms with Gasteiger partial charge in [-0.3, -0.25) is 4.79 Å². The van der Waals surface area contributed by atoms with Crippen LogP contribution < -0.4 is 15.8 Å². The number of benzene rings is 1. The number of sulfonamides is 1. The highest BCUT2D eigenvalue weighted by Gasteiger charge is 2.20. The number of rotatable bonds is 6. The third-order valence-electron chi connectivity index (χ3n) is 3.17. The molecule has 7 nitrogen and oxygen atoms in total. The van der Waals surface area contributed by atoms with E-state index in [0.717, 1.165) is 11.1 Å². The molecule has 0 fully saturated rings. The van der Waals surface area contributed by atoms with Crippen molar-refractivity contribution in [3.05, 3.63) is 29.3 Å². The summed E-state index contributed by atoms with van der Waals surface area (Å²) < 4.78 is 31.9. The van der Waals surface area contributed by atoms with Crippen LogP contribution in [0.4, 0.5) is 0 Å². The number of carbonyl (C=O) groups is 1. The van der Waals surface area contributed by atoms with Gasteiger partial charge in [0.25, 0.3) is 0 Å². The molecule has 0 unspecified atom stereocenters. The maximum absolute atomic E-state index is 12.2. The second kappa shape index (κ2) is 6.33. The lowest BCUT2D eigenvalue weighted by Crippen LogP contribution is -2.47. The summed E-state index contributed by atoms with van der Waals surface area (Å²) in [5, 5.41) is 2.58. The number of nitrogens with two attached hydrogens (primary N) is 1. The van der Waals surface area contributed by atoms with Gasteiger partial charge in [-0.05, 0) is 37.1 Å². The Morgan fingerprint density at radius 2 is 2.00 bits per heavy atom. The average molecular weight is 327 g/mol. The van der Waals surface area contributed by atoms with Gasteiger partial charge in [-0.1, -0.05) is 6.07 Å². The average Bonchev–Trinajstić information content (AvgIpc) is 2.89. The summed E-state index contributed by atoms with van der Waals surface area (Å²) in [4.78, 5) is 11.8. The first-order valence-corrected chi connectivity index (χ1v) is 8.40. The van der Waals surface area contributed by atoms with E-state index in [4.69, 9.17) is 10.5 Å². The second-order valence-electron chi connectivity index (χ2n) is 6.01. The first kappa shape index (κ1) is 16.9. The Bertz CT molecular complexity index is 665. The van der Waals surface area contributed by atoms with E-state index < -0.39 is 21.5 Å². The Labute approximate surface area is 130 Å². The van der Waals surface area contributed by atoms with Crippen LogP contribution in [0.1, 0.15) is 25.0 Å². The molecule has 8 heteroatoms. The Morgan fingerprint density at radius 3 is 2.68 bits per heavy atom. The van der Waals surface area contributed by atoms with Crippen molar-refractivity contribution in [2.75, 3.05) is 13.1 Å². The Kier molecular flexibility index (Phi) is 4.86. The van der Waals surface area contributed by atoms with Crippen molar-refractivity contribution in [1.29, 1.82) is 0 Å². The maximum atomic E-state index is 12.2. The first-order chi connectivity index (χ1) is 10.2. The predicted octanol–water partition coefficient (Wildman–Crippen LogP) is -0.151. The van der Waals surface area contributed by atoms with Gasteiger partial charge in [-0.2, -0.15) is 0 Å². The third kappa shape index (κ3) is 4.51. The molecule has 0 bridgehead atoms. The molecule has 0 aromatic heterocycles. The van der Waals surface area contributed by atoms with Gasteiger partial charge in [0.1, 0.15) is 0 Å². The molecule has 0 atom stereocenters. The van der Waals surface area contributed by atoms with E-state index in [9.17, 15) is 13.2 Å². The summed E-state index contributed by atoms with van der Waals surface area (Å²) in [7, 11) is -3.73. The van der Waals surface area contributed by atoms with E-state index in [-0.39, 0.29) is 18.0 Å². The van der Waals surface area contributed by atoms with Crippen LogP contribution in [0.5, 0.6) is 0 Å². The molecule has 0 aliphatic carbocycles. The quantitative estimate of drug-likeness (QED) is 0.673. The highest BCUT2D eigenvalue weighted by atomic mass is 32.2. The van der Waals surface area contributed by atoms with Crippen molar-refractivity contribution >= 4 is 15.9 Å². The molecule has 4 N–H and O–H groups in total. The van der Waals surface area contributed by atoms with Crippen LogP contribution in [0.3, 0.4) is 0 Å². The normalized spacial score (nSPS) is 14.7. The standard InChI is InChI=1S/C14H21N3O4S/c1-14(2,15)9-16-13(18)6-17-22(19,20)12-4-3-10-7-21-8-11(10)5-12/h3-5,17H,6-9,15H2,1-2H3,(H,16,18). The van der Waals surface area contributed by atoms with Gasteiger partial charge in [0.15, 0.2) is 0 Å². The molecule has 0 saturated heterocycles. The summed E-state index contributed by atoms with van der Waals surface area (Å²) in [6.07, 6.45) is 0. The highest BCUT2D eigenvalue weighted by Crippen LogP contribution is 2.22. The molecular formula is C14H21N3O4S. The lowest BCUT2D eigenvalue weighted by Gasteiger charge is -2.18. The van der Waals surface area contributed by atoms with Crippen LogP contribution in [0, 0.1) is 0 Å². The molecule has 0 saturated carbocycles. The van der Waals surface area contributed by atoms with Gasteiger partial charge >= 0.3 is 0 Å². The van der Waals surface area contributed by atoms with E-state index >= 15 is 0 Å². The number of hydrogen-bond donors (Lipinski definition) is 3. The van der Waals surface area contributed by atoms with Crippen molar-refractivity contribution < 1.29 is 17.9 Å². The third-order valence-corrected chi connectivity index (χ3v) is 4.57. The van der Waals surface area contributed by atoms with Crippen LogP contribution in [0.25, 0.3) is 0 Å². The van der Waals surface area contributed by atoms with Crippen molar-refractivity contribution in [2.45, 2.75) is 37.5 Å². The van der Waals surface area contributed by atoms with E-state index in [2.05, 4.69) is 10.0 Å². The number of ether oxygens (including phenoxy) is 1. The van der Waals surface area contributed by atoms with E-state index in [1.165, 1.54) is 6.07 Å². The summed E-state index contributed by atoms with van der Waals surface area (Å²) in [6, 6.07) is 4.82. The molecule has 1 aliphatic heterocycles. The van der Waals surface area contributed by atoms with Crippen molar-refractivity contribution in [3.8, 4) is 0 Å². The molecule has 2 rings (SSSR count). The molecule has 1 aromatic carbocycles. The molecule has 0 spiro atoms. The van der Waals surface area contributed by atoms with Crippen molar-refractivity contribution in [1.82, 2.24) is 10.0 Å². The number of amides is 1. The van der Waals surface area contributed by atoms with E-state index in [1.807, 2.05) is 0 Å². The van der Waals surface area contributed by atoms with Crippen LogP contribution in [-0.2, 0) is 32.8 Å². The van der Waals surface area contributed by atoms with Crippen LogP contribution in [0.15, 0.2) is 23.1 Å². The first-order valence-electron chi connectivity index (χ1n) is 6.92. The number of hydrogen-bond acceptors (Lipinski definition) is 5. The zero-order valence-electron chi connectivity index (χ0n) is 12.7. The van der Waals surface area contributed by atoms with Gasteiger partial charge in [-0.15, -0.1) is 0 Å². The van der Waals surface area contributed by atoms with Gasteiger partial charge in [0.2, 0.25) is 15.9 Å². The summed E-state index contributed by atoms with van der Waals surface area (Å²) >= 11 is 0. The van der Waals surface area contributed by atoms with Crippen LogP contribution in [-0.4, -0.2) is 33.0 Å². The van der Waals surface area contributed by atoms with Crippen molar-refractivity contribution in [3.63, 3.8) is 0 Å². The molecule has 0 radical (unpaired) electrons. The minimum Gasteiger partial charge on any atom is -0.372 e. The topological polar surface area (TPSA) is 111 Å². The molecule has 1 amide bonds. The molecule has 1 aromatic rings. The van der Waals surface area contributed by atoms with Gasteiger partial charge in [0.05, 0.1) is 24.7 Å². The lowest BCUT2D eigenvalue weighted by molar-refractivity contribution is -0.120. The molecular weight excluding hydrogens is 306 g/mol. The fourth-order valence-electron chi connectivity index (χ4n) is 1.95. The second-order valence-corrected chi connectivity index (χ2v) is 7.78. The zero-order valence-corrected chi connectivity index (χ0v) is 13.5. The van der Waals surface area contributed by atoms with Crippen LogP contribution >= 0.6 is 0 Å². The fraction of sp³-hybridized carbons (Fsp3) is 0.500. The predicted molar refractivity (Wildman–Crippen MR) is 81.4 cm³/mol. The summed E-state index contributed by atoms with van der Waals surface area (Å²) in [5.74, 6) is -0.424. The zero-order chi connectivity index (χ0) is 16.4. The maximum Gasteiger partial charge on any atom is 0.241 e. The number of nitrogens with one attached hydrogen (secondary N) is 2. The number of carbonyl (C=O) groups excluding carboxylic acids is 1. The monoisotopic (exact) mass is 327 g/mol. The SMILES string of the molecule is CC(C)(N)CNC(=O)CNS(=O)(=O)c1ccc2c(c1)COC2. The highest BCUT2D eigenvalue weighted by molar-refractivity contribution is 7.89. The summed E-state index contributed by atoms with van der Waals surface area (Å²) in [5.41, 5.74) is 7.04. The Balaban J connectivity index is 1.95. The van der Waals surface area contributed by atoms with Crippen molar-refractivity contribution in [2.24, 2.45) is 5.73 Å². The summed E-state index contributed by atoms with van der Waals surface area (Å²) in [6.45, 7) is 4.38. The molecule has 1 aliphatic rings. The van der Waals surface area contributed by atoms with Gasteiger partial charge in [0, 0.05) is 12.1 Å². The smallest absolute Gasteiger partial charge is 0.241 e. The fourth-order valence-corrected chi connectivity index (χ4v) is 2.98. The van der Waals surface area contributed by atoms with Gasteiger partial charge < -0.3 is 15.8 Å². The van der Waals surface area contributed by atoms with Crippen LogP contribution in [0.2, 0.25) is 0 Å². The van der Waals surface area contributed by atoms with E-state index in [1.54, 1.807) is 26.0 Å². The minimum atomic E-state index is -3.73. The largest absolute Gasteiger partial charge is 0.372 e. The molecule has 122 valence electrons. The van der Waals surface area contributed by atoms with Gasteiger partial charge in [-0.25, -0.2) is 13.1 Å². The Hall–Kier alpha value is -1.48. The molecule has 22 heavy (non-hydrogen) atoms. The van der Waals surface area contributed by atoms with E-state index in [0.29, 0.717) is 13.2 Å².